The van der Waals surface area contributed by atoms with Crippen molar-refractivity contribution < 1.29 is 13.2 Å². The van der Waals surface area contributed by atoms with Gasteiger partial charge in [-0.25, -0.2) is 4.99 Å². The van der Waals surface area contributed by atoms with Gasteiger partial charge in [-0.2, -0.15) is 18.3 Å². The van der Waals surface area contributed by atoms with Crippen LogP contribution in [-0.4, -0.2) is 28.3 Å². The summed E-state index contributed by atoms with van der Waals surface area (Å²) in [6, 6.07) is 10.3. The fraction of sp³-hybridized carbons (Fsp3) is 0.474. The van der Waals surface area contributed by atoms with Crippen molar-refractivity contribution in [1.29, 1.82) is 0 Å². The van der Waals surface area contributed by atoms with Gasteiger partial charge < -0.3 is 10.6 Å². The lowest BCUT2D eigenvalue weighted by molar-refractivity contribution is -0.142. The standard InChI is InChI=1S/C19H26F3N5.HI/c1-4-23-18(25-14(2)10-11-15-8-6-5-7-9-15)24-12-16-13-27(3)26-17(16)19(20,21)22;/h5-9,13-14H,4,10-12H2,1-3H3,(H2,23,24,25);1H. The monoisotopic (exact) mass is 509 g/mol. The summed E-state index contributed by atoms with van der Waals surface area (Å²) in [5.74, 6) is 0.495. The Morgan fingerprint density at radius 3 is 2.54 bits per heavy atom. The second kappa shape index (κ2) is 11.3. The normalized spacial score (nSPS) is 13.0. The molecule has 1 unspecified atom stereocenters. The first-order valence-corrected chi connectivity index (χ1v) is 8.98. The average molecular weight is 509 g/mol. The van der Waals surface area contributed by atoms with E-state index in [1.165, 1.54) is 18.8 Å². The van der Waals surface area contributed by atoms with Gasteiger partial charge in [-0.05, 0) is 32.3 Å². The predicted octanol–water partition coefficient (Wildman–Crippen LogP) is 4.13. The van der Waals surface area contributed by atoms with E-state index in [4.69, 9.17) is 0 Å². The summed E-state index contributed by atoms with van der Waals surface area (Å²) in [7, 11) is 1.47. The van der Waals surface area contributed by atoms with Gasteiger partial charge in [0.05, 0.1) is 6.54 Å². The molecule has 0 saturated heterocycles. The Morgan fingerprint density at radius 1 is 1.25 bits per heavy atom. The minimum Gasteiger partial charge on any atom is -0.357 e. The number of halogens is 4. The number of hydrogen-bond acceptors (Lipinski definition) is 2. The van der Waals surface area contributed by atoms with Crippen LogP contribution in [-0.2, 0) is 26.2 Å². The van der Waals surface area contributed by atoms with Gasteiger partial charge >= 0.3 is 6.18 Å². The maximum Gasteiger partial charge on any atom is 0.435 e. The van der Waals surface area contributed by atoms with Crippen molar-refractivity contribution in [3.05, 3.63) is 53.3 Å². The minimum absolute atomic E-state index is 0. The highest BCUT2D eigenvalue weighted by Crippen LogP contribution is 2.30. The summed E-state index contributed by atoms with van der Waals surface area (Å²) in [6.45, 7) is 4.47. The minimum atomic E-state index is -4.49. The maximum absolute atomic E-state index is 13.1. The van der Waals surface area contributed by atoms with Crippen LogP contribution in [0.1, 0.15) is 37.1 Å². The van der Waals surface area contributed by atoms with Crippen LogP contribution in [0.3, 0.4) is 0 Å². The molecule has 1 heterocycles. The summed E-state index contributed by atoms with van der Waals surface area (Å²) in [5.41, 5.74) is 0.416. The summed E-state index contributed by atoms with van der Waals surface area (Å²) in [5, 5.41) is 9.84. The second-order valence-electron chi connectivity index (χ2n) is 6.44. The number of nitrogens with zero attached hydrogens (tertiary/aromatic N) is 3. The molecule has 0 radical (unpaired) electrons. The first-order valence-electron chi connectivity index (χ1n) is 8.98. The van der Waals surface area contributed by atoms with Crippen molar-refractivity contribution >= 4 is 29.9 Å². The van der Waals surface area contributed by atoms with Crippen molar-refractivity contribution in [3.8, 4) is 0 Å². The molecule has 1 aromatic carbocycles. The lowest BCUT2D eigenvalue weighted by Crippen LogP contribution is -2.42. The lowest BCUT2D eigenvalue weighted by Gasteiger charge is -2.18. The van der Waals surface area contributed by atoms with Crippen LogP contribution in [0.4, 0.5) is 13.2 Å². The highest BCUT2D eigenvalue weighted by Gasteiger charge is 2.36. The van der Waals surface area contributed by atoms with E-state index < -0.39 is 11.9 Å². The quantitative estimate of drug-likeness (QED) is 0.336. The maximum atomic E-state index is 13.1. The number of aromatic nitrogens is 2. The largest absolute Gasteiger partial charge is 0.435 e. The third-order valence-corrected chi connectivity index (χ3v) is 4.02. The topological polar surface area (TPSA) is 54.2 Å². The van der Waals surface area contributed by atoms with Crippen molar-refractivity contribution in [2.24, 2.45) is 12.0 Å². The molecule has 0 saturated carbocycles. The van der Waals surface area contributed by atoms with Gasteiger partial charge in [-0.1, -0.05) is 30.3 Å². The van der Waals surface area contributed by atoms with E-state index in [9.17, 15) is 13.2 Å². The van der Waals surface area contributed by atoms with Gasteiger partial charge in [0.15, 0.2) is 11.7 Å². The van der Waals surface area contributed by atoms with E-state index in [0.717, 1.165) is 17.5 Å². The molecule has 9 heteroatoms. The molecule has 2 rings (SSSR count). The Morgan fingerprint density at radius 2 is 1.93 bits per heavy atom. The zero-order chi connectivity index (χ0) is 19.9. The first kappa shape index (κ1) is 24.3. The third-order valence-electron chi connectivity index (χ3n) is 4.02. The molecule has 0 spiro atoms. The van der Waals surface area contributed by atoms with Crippen LogP contribution in [0.25, 0.3) is 0 Å². The predicted molar refractivity (Wildman–Crippen MR) is 116 cm³/mol. The number of benzene rings is 1. The van der Waals surface area contributed by atoms with Gasteiger partial charge in [-0.15, -0.1) is 24.0 Å². The molecule has 156 valence electrons. The SMILES string of the molecule is CCNC(=NCc1cn(C)nc1C(F)(F)F)NC(C)CCc1ccccc1.I. The van der Waals surface area contributed by atoms with Gasteiger partial charge in [0.1, 0.15) is 0 Å². The van der Waals surface area contributed by atoms with Crippen LogP contribution in [0.15, 0.2) is 41.5 Å². The zero-order valence-electron chi connectivity index (χ0n) is 16.3. The molecule has 0 fully saturated rings. The summed E-state index contributed by atoms with van der Waals surface area (Å²) in [6.07, 6.45) is -1.33. The fourth-order valence-electron chi connectivity index (χ4n) is 2.71. The van der Waals surface area contributed by atoms with E-state index in [2.05, 4.69) is 32.9 Å². The van der Waals surface area contributed by atoms with Crippen molar-refractivity contribution in [1.82, 2.24) is 20.4 Å². The summed E-state index contributed by atoms with van der Waals surface area (Å²) in [4.78, 5) is 4.31. The fourth-order valence-corrected chi connectivity index (χ4v) is 2.71. The Hall–Kier alpha value is -1.78. The molecular formula is C19H27F3IN5. The molecule has 0 amide bonds. The molecule has 28 heavy (non-hydrogen) atoms. The Bertz CT molecular complexity index is 744. The molecule has 0 aliphatic carbocycles. The summed E-state index contributed by atoms with van der Waals surface area (Å²) < 4.78 is 40.3. The highest BCUT2D eigenvalue weighted by molar-refractivity contribution is 14.0. The van der Waals surface area contributed by atoms with E-state index in [-0.39, 0.29) is 42.1 Å². The van der Waals surface area contributed by atoms with Gasteiger partial charge in [0.2, 0.25) is 0 Å². The molecule has 0 aliphatic rings. The van der Waals surface area contributed by atoms with Crippen LogP contribution in [0, 0.1) is 0 Å². The molecular weight excluding hydrogens is 482 g/mol. The second-order valence-corrected chi connectivity index (χ2v) is 6.44. The number of alkyl halides is 3. The van der Waals surface area contributed by atoms with Gasteiger partial charge in [0, 0.05) is 31.4 Å². The van der Waals surface area contributed by atoms with Crippen molar-refractivity contribution in [3.63, 3.8) is 0 Å². The zero-order valence-corrected chi connectivity index (χ0v) is 18.6. The van der Waals surface area contributed by atoms with Crippen LogP contribution < -0.4 is 10.6 Å². The Balaban J connectivity index is 0.00000392. The summed E-state index contributed by atoms with van der Waals surface area (Å²) >= 11 is 0. The number of nitrogens with one attached hydrogen (secondary N) is 2. The Labute approximate surface area is 180 Å². The van der Waals surface area contributed by atoms with E-state index in [1.54, 1.807) is 0 Å². The highest BCUT2D eigenvalue weighted by atomic mass is 127. The first-order chi connectivity index (χ1) is 12.8. The van der Waals surface area contributed by atoms with Crippen LogP contribution in [0.2, 0.25) is 0 Å². The smallest absolute Gasteiger partial charge is 0.357 e. The van der Waals surface area contributed by atoms with E-state index >= 15 is 0 Å². The van der Waals surface area contributed by atoms with Gasteiger partial charge in [-0.3, -0.25) is 4.68 Å². The van der Waals surface area contributed by atoms with Crippen molar-refractivity contribution in [2.75, 3.05) is 6.54 Å². The average Bonchev–Trinajstić information content (AvgIpc) is 3.00. The number of hydrogen-bond donors (Lipinski definition) is 2. The number of guanidine groups is 1. The molecule has 0 aliphatic heterocycles. The number of rotatable bonds is 7. The van der Waals surface area contributed by atoms with Crippen molar-refractivity contribution in [2.45, 2.75) is 45.5 Å². The molecule has 2 aromatic rings. The molecule has 1 aromatic heterocycles. The van der Waals surface area contributed by atoms with E-state index in [1.807, 2.05) is 32.0 Å². The van der Waals surface area contributed by atoms with Crippen LogP contribution >= 0.6 is 24.0 Å². The number of aryl methyl sites for hydroxylation is 2. The molecule has 2 N–H and O–H groups in total. The van der Waals surface area contributed by atoms with Crippen LogP contribution in [0.5, 0.6) is 0 Å². The number of aliphatic imine (C=N–C) groups is 1. The van der Waals surface area contributed by atoms with Gasteiger partial charge in [0.25, 0.3) is 0 Å². The lowest BCUT2D eigenvalue weighted by atomic mass is 10.1. The van der Waals surface area contributed by atoms with E-state index in [0.29, 0.717) is 12.5 Å². The third kappa shape index (κ3) is 7.69. The molecule has 5 nitrogen and oxygen atoms in total. The Kier molecular flexibility index (Phi) is 9.77. The molecule has 1 atom stereocenters. The molecule has 0 bridgehead atoms.